The van der Waals surface area contributed by atoms with Crippen molar-refractivity contribution >= 4 is 11.6 Å². The summed E-state index contributed by atoms with van der Waals surface area (Å²) in [5, 5.41) is 21.0. The Morgan fingerprint density at radius 2 is 2.11 bits per heavy atom. The predicted octanol–water partition coefficient (Wildman–Crippen LogP) is 0.00870. The van der Waals surface area contributed by atoms with Crippen LogP contribution in [0.15, 0.2) is 18.2 Å². The molecule has 1 aliphatic rings. The number of nitrogens with zero attached hydrogens (tertiary/aromatic N) is 1. The molecule has 5 heteroatoms. The first kappa shape index (κ1) is 14.0. The summed E-state index contributed by atoms with van der Waals surface area (Å²) in [4.78, 5) is 13.2. The van der Waals surface area contributed by atoms with E-state index in [-0.39, 0.29) is 25.2 Å². The number of amides is 1. The second kappa shape index (κ2) is 6.14. The van der Waals surface area contributed by atoms with Crippen molar-refractivity contribution in [2.45, 2.75) is 18.9 Å². The molecule has 0 atom stereocenters. The highest BCUT2D eigenvalue weighted by Gasteiger charge is 2.18. The van der Waals surface area contributed by atoms with Crippen LogP contribution in [0.1, 0.15) is 11.1 Å². The highest BCUT2D eigenvalue weighted by molar-refractivity contribution is 5.99. The molecule has 1 amide bonds. The second-order valence-electron chi connectivity index (χ2n) is 4.97. The van der Waals surface area contributed by atoms with E-state index >= 15 is 0 Å². The van der Waals surface area contributed by atoms with Gasteiger partial charge in [-0.1, -0.05) is 12.1 Å². The van der Waals surface area contributed by atoms with Gasteiger partial charge in [0.1, 0.15) is 0 Å². The second-order valence-corrected chi connectivity index (χ2v) is 4.97. The molecule has 5 nitrogen and oxygen atoms in total. The van der Waals surface area contributed by atoms with E-state index in [1.807, 2.05) is 30.1 Å². The summed E-state index contributed by atoms with van der Waals surface area (Å²) in [6.45, 7) is 0.664. The Labute approximate surface area is 112 Å². The fourth-order valence-electron chi connectivity index (χ4n) is 2.26. The maximum absolute atomic E-state index is 11.3. The Kier molecular flexibility index (Phi) is 4.52. The van der Waals surface area contributed by atoms with Crippen LogP contribution >= 0.6 is 0 Å². The van der Waals surface area contributed by atoms with Crippen molar-refractivity contribution in [2.24, 2.45) is 0 Å². The van der Waals surface area contributed by atoms with Gasteiger partial charge in [0.2, 0.25) is 5.91 Å². The minimum absolute atomic E-state index is 0.0460. The lowest BCUT2D eigenvalue weighted by Crippen LogP contribution is -2.38. The zero-order valence-corrected chi connectivity index (χ0v) is 11.1. The van der Waals surface area contributed by atoms with Crippen LogP contribution in [0.2, 0.25) is 0 Å². The SMILES string of the molecule is CN(CCc1ccc2c(c1)CC(=O)N2)C(CO)CO. The van der Waals surface area contributed by atoms with Crippen LogP contribution in [-0.4, -0.2) is 53.9 Å². The Morgan fingerprint density at radius 3 is 2.79 bits per heavy atom. The lowest BCUT2D eigenvalue weighted by molar-refractivity contribution is -0.115. The molecule has 1 aromatic carbocycles. The van der Waals surface area contributed by atoms with Gasteiger partial charge in [0.05, 0.1) is 25.7 Å². The van der Waals surface area contributed by atoms with E-state index in [1.54, 1.807) is 0 Å². The zero-order valence-electron chi connectivity index (χ0n) is 11.1. The molecule has 1 aromatic rings. The lowest BCUT2D eigenvalue weighted by atomic mass is 10.1. The van der Waals surface area contributed by atoms with Gasteiger partial charge in [-0.2, -0.15) is 0 Å². The first-order chi connectivity index (χ1) is 9.13. The third kappa shape index (κ3) is 3.32. The summed E-state index contributed by atoms with van der Waals surface area (Å²) in [5.74, 6) is 0.0462. The summed E-state index contributed by atoms with van der Waals surface area (Å²) in [6.07, 6.45) is 1.28. The number of aliphatic hydroxyl groups excluding tert-OH is 2. The molecular weight excluding hydrogens is 244 g/mol. The quantitative estimate of drug-likeness (QED) is 0.677. The number of aliphatic hydroxyl groups is 2. The van der Waals surface area contributed by atoms with Gasteiger partial charge >= 0.3 is 0 Å². The highest BCUT2D eigenvalue weighted by atomic mass is 16.3. The van der Waals surface area contributed by atoms with Gasteiger partial charge in [0, 0.05) is 12.2 Å². The number of nitrogens with one attached hydrogen (secondary N) is 1. The van der Waals surface area contributed by atoms with Gasteiger partial charge in [-0.05, 0) is 30.7 Å². The molecule has 1 heterocycles. The molecule has 3 N–H and O–H groups in total. The van der Waals surface area contributed by atoms with E-state index in [9.17, 15) is 4.79 Å². The van der Waals surface area contributed by atoms with Gasteiger partial charge in [0.25, 0.3) is 0 Å². The van der Waals surface area contributed by atoms with Gasteiger partial charge < -0.3 is 15.5 Å². The molecule has 0 spiro atoms. The zero-order chi connectivity index (χ0) is 13.8. The Balaban J connectivity index is 1.94. The van der Waals surface area contributed by atoms with Crippen LogP contribution in [-0.2, 0) is 17.6 Å². The number of anilines is 1. The molecule has 0 radical (unpaired) electrons. The highest BCUT2D eigenvalue weighted by Crippen LogP contribution is 2.24. The van der Waals surface area contributed by atoms with E-state index < -0.39 is 0 Å². The molecule has 0 aliphatic carbocycles. The molecule has 0 bridgehead atoms. The average Bonchev–Trinajstić information content (AvgIpc) is 2.77. The molecular formula is C14H20N2O3. The lowest BCUT2D eigenvalue weighted by Gasteiger charge is -2.24. The monoisotopic (exact) mass is 264 g/mol. The first-order valence-electron chi connectivity index (χ1n) is 6.47. The third-order valence-corrected chi connectivity index (χ3v) is 3.59. The standard InChI is InChI=1S/C14H20N2O3/c1-16(12(8-17)9-18)5-4-10-2-3-13-11(6-10)7-14(19)15-13/h2-3,6,12,17-18H,4-5,7-9H2,1H3,(H,15,19). The number of fused-ring (bicyclic) bond motifs is 1. The van der Waals surface area contributed by atoms with Crippen LogP contribution in [0.4, 0.5) is 5.69 Å². The van der Waals surface area contributed by atoms with Crippen LogP contribution in [0, 0.1) is 0 Å². The minimum Gasteiger partial charge on any atom is -0.395 e. The van der Waals surface area contributed by atoms with E-state index in [0.29, 0.717) is 6.42 Å². The summed E-state index contributed by atoms with van der Waals surface area (Å²) >= 11 is 0. The van der Waals surface area contributed by atoms with E-state index in [0.717, 1.165) is 29.8 Å². The normalized spacial score (nSPS) is 14.1. The average molecular weight is 264 g/mol. The van der Waals surface area contributed by atoms with E-state index in [2.05, 4.69) is 5.32 Å². The van der Waals surface area contributed by atoms with Crippen molar-refractivity contribution in [2.75, 3.05) is 32.1 Å². The van der Waals surface area contributed by atoms with Crippen molar-refractivity contribution < 1.29 is 15.0 Å². The number of hydrogen-bond donors (Lipinski definition) is 3. The summed E-state index contributed by atoms with van der Waals surface area (Å²) in [7, 11) is 1.88. The molecule has 19 heavy (non-hydrogen) atoms. The summed E-state index contributed by atoms with van der Waals surface area (Å²) in [6, 6.07) is 5.78. The van der Waals surface area contributed by atoms with Crippen LogP contribution in [0.5, 0.6) is 0 Å². The van der Waals surface area contributed by atoms with Gasteiger partial charge in [-0.15, -0.1) is 0 Å². The minimum atomic E-state index is -0.210. The molecule has 0 saturated heterocycles. The number of carbonyl (C=O) groups is 1. The molecule has 0 aromatic heterocycles. The number of benzene rings is 1. The van der Waals surface area contributed by atoms with Crippen molar-refractivity contribution in [3.63, 3.8) is 0 Å². The van der Waals surface area contributed by atoms with Gasteiger partial charge in [-0.25, -0.2) is 0 Å². The van der Waals surface area contributed by atoms with Gasteiger partial charge in [-0.3, -0.25) is 9.69 Å². The summed E-state index contributed by atoms with van der Waals surface area (Å²) in [5.41, 5.74) is 3.12. The van der Waals surface area contributed by atoms with Crippen LogP contribution in [0.3, 0.4) is 0 Å². The largest absolute Gasteiger partial charge is 0.395 e. The topological polar surface area (TPSA) is 72.8 Å². The van der Waals surface area contributed by atoms with Gasteiger partial charge in [0.15, 0.2) is 0 Å². The first-order valence-corrected chi connectivity index (χ1v) is 6.47. The number of rotatable bonds is 6. The van der Waals surface area contributed by atoms with E-state index in [4.69, 9.17) is 10.2 Å². The van der Waals surface area contributed by atoms with Crippen molar-refractivity contribution in [1.29, 1.82) is 0 Å². The smallest absolute Gasteiger partial charge is 0.228 e. The predicted molar refractivity (Wildman–Crippen MR) is 73.1 cm³/mol. The molecule has 0 saturated carbocycles. The molecule has 0 fully saturated rings. The maximum Gasteiger partial charge on any atom is 0.228 e. The van der Waals surface area contributed by atoms with Crippen molar-refractivity contribution in [3.8, 4) is 0 Å². The molecule has 0 unspecified atom stereocenters. The third-order valence-electron chi connectivity index (χ3n) is 3.59. The Bertz CT molecular complexity index is 458. The fourth-order valence-corrected chi connectivity index (χ4v) is 2.26. The maximum atomic E-state index is 11.3. The fraction of sp³-hybridized carbons (Fsp3) is 0.500. The summed E-state index contributed by atoms with van der Waals surface area (Å²) < 4.78 is 0. The number of carbonyl (C=O) groups excluding carboxylic acids is 1. The van der Waals surface area contributed by atoms with Crippen LogP contribution in [0.25, 0.3) is 0 Å². The number of hydrogen-bond acceptors (Lipinski definition) is 4. The van der Waals surface area contributed by atoms with Crippen LogP contribution < -0.4 is 5.32 Å². The Hall–Kier alpha value is -1.43. The number of likely N-dealkylation sites (N-methyl/N-ethyl adjacent to an activating group) is 1. The molecule has 1 aliphatic heterocycles. The Morgan fingerprint density at radius 1 is 1.37 bits per heavy atom. The molecule has 104 valence electrons. The van der Waals surface area contributed by atoms with Crippen molar-refractivity contribution in [3.05, 3.63) is 29.3 Å². The van der Waals surface area contributed by atoms with E-state index in [1.165, 1.54) is 0 Å². The molecule has 2 rings (SSSR count). The van der Waals surface area contributed by atoms with Crippen molar-refractivity contribution in [1.82, 2.24) is 4.90 Å².